The third kappa shape index (κ3) is 7.55. The summed E-state index contributed by atoms with van der Waals surface area (Å²) in [4.78, 5) is 31.3. The first-order valence-corrected chi connectivity index (χ1v) is 15.0. The van der Waals surface area contributed by atoms with Crippen LogP contribution in [-0.4, -0.2) is 45.1 Å². The molecule has 4 aromatic rings. The fourth-order valence-electron chi connectivity index (χ4n) is 5.43. The van der Waals surface area contributed by atoms with Crippen molar-refractivity contribution >= 4 is 28.9 Å². The summed E-state index contributed by atoms with van der Waals surface area (Å²) in [6.45, 7) is 5.66. The fourth-order valence-corrected chi connectivity index (χ4v) is 5.43. The number of hydrogen-bond acceptors (Lipinski definition) is 5. The summed E-state index contributed by atoms with van der Waals surface area (Å²) in [7, 11) is 1.69. The lowest BCUT2D eigenvalue weighted by Gasteiger charge is -2.38. The maximum Gasteiger partial charge on any atom is 0.255 e. The van der Waals surface area contributed by atoms with E-state index in [0.717, 1.165) is 68.1 Å². The molecular formula is C36H40N4O3. The number of carbonyl (C=O) groups excluding carboxylic acids is 2. The van der Waals surface area contributed by atoms with Crippen LogP contribution in [0.2, 0.25) is 0 Å². The second-order valence-corrected chi connectivity index (χ2v) is 10.8. The number of anilines is 3. The van der Waals surface area contributed by atoms with Crippen molar-refractivity contribution in [1.29, 1.82) is 0 Å². The van der Waals surface area contributed by atoms with Gasteiger partial charge in [0.05, 0.1) is 18.4 Å². The Morgan fingerprint density at radius 1 is 0.744 bits per heavy atom. The Kier molecular flexibility index (Phi) is 9.95. The first-order chi connectivity index (χ1) is 21.1. The molecule has 0 atom stereocenters. The minimum absolute atomic E-state index is 0.178. The van der Waals surface area contributed by atoms with Crippen LogP contribution in [-0.2, 0) is 13.0 Å². The van der Waals surface area contributed by atoms with E-state index in [-0.39, 0.29) is 11.8 Å². The summed E-state index contributed by atoms with van der Waals surface area (Å²) in [5.41, 5.74) is 5.88. The van der Waals surface area contributed by atoms with Crippen LogP contribution in [0.3, 0.4) is 0 Å². The predicted molar refractivity (Wildman–Crippen MR) is 174 cm³/mol. The lowest BCUT2D eigenvalue weighted by Crippen LogP contribution is -2.47. The molecule has 43 heavy (non-hydrogen) atoms. The van der Waals surface area contributed by atoms with Crippen molar-refractivity contribution in [3.05, 3.63) is 119 Å². The van der Waals surface area contributed by atoms with E-state index in [2.05, 4.69) is 33.4 Å². The minimum Gasteiger partial charge on any atom is -0.495 e. The third-order valence-corrected chi connectivity index (χ3v) is 7.88. The zero-order chi connectivity index (χ0) is 30.0. The van der Waals surface area contributed by atoms with Crippen molar-refractivity contribution in [3.63, 3.8) is 0 Å². The number of hydrogen-bond donors (Lipinski definition) is 2. The van der Waals surface area contributed by atoms with Crippen LogP contribution in [0.1, 0.15) is 51.6 Å². The zero-order valence-corrected chi connectivity index (χ0v) is 25.0. The van der Waals surface area contributed by atoms with E-state index in [1.807, 2.05) is 84.9 Å². The normalized spacial score (nSPS) is 13.0. The van der Waals surface area contributed by atoms with Crippen molar-refractivity contribution in [2.75, 3.05) is 48.4 Å². The molecule has 0 saturated carbocycles. The number of aryl methyl sites for hydroxylation is 1. The molecule has 7 heteroatoms. The molecule has 0 unspecified atom stereocenters. The highest BCUT2D eigenvalue weighted by Crippen LogP contribution is 2.31. The van der Waals surface area contributed by atoms with Gasteiger partial charge in [0.2, 0.25) is 0 Å². The van der Waals surface area contributed by atoms with Gasteiger partial charge in [-0.25, -0.2) is 0 Å². The molecule has 7 nitrogen and oxygen atoms in total. The summed E-state index contributed by atoms with van der Waals surface area (Å²) in [5.74, 6) is 0.478. The molecule has 0 radical (unpaired) electrons. The van der Waals surface area contributed by atoms with E-state index in [0.29, 0.717) is 23.4 Å². The molecule has 5 rings (SSSR count). The Hall–Kier alpha value is -4.78. The number of benzene rings is 4. The van der Waals surface area contributed by atoms with Gasteiger partial charge in [0, 0.05) is 49.7 Å². The SMILES string of the molecule is CCCCc1ccc(C(=O)Nc2ccc(N3CCN(c4ccccc4OC)CC3)c(C(=O)NCc3ccccc3)c2)cc1. The average Bonchev–Trinajstić information content (AvgIpc) is 3.07. The second kappa shape index (κ2) is 14.4. The summed E-state index contributed by atoms with van der Waals surface area (Å²) < 4.78 is 5.58. The number of carbonyl (C=O) groups is 2. The van der Waals surface area contributed by atoms with Gasteiger partial charge in [-0.05, 0) is 66.4 Å². The van der Waals surface area contributed by atoms with Crippen LogP contribution in [0, 0.1) is 0 Å². The molecule has 2 amide bonds. The Bertz CT molecular complexity index is 1510. The summed E-state index contributed by atoms with van der Waals surface area (Å²) >= 11 is 0. The number of para-hydroxylation sites is 2. The van der Waals surface area contributed by atoms with Crippen LogP contribution >= 0.6 is 0 Å². The van der Waals surface area contributed by atoms with Crippen molar-refractivity contribution < 1.29 is 14.3 Å². The van der Waals surface area contributed by atoms with Gasteiger partial charge in [-0.1, -0.05) is 67.9 Å². The number of ether oxygens (including phenoxy) is 1. The molecule has 0 spiro atoms. The van der Waals surface area contributed by atoms with Gasteiger partial charge in [0.15, 0.2) is 0 Å². The number of nitrogens with zero attached hydrogens (tertiary/aromatic N) is 2. The highest BCUT2D eigenvalue weighted by molar-refractivity contribution is 6.06. The Labute approximate surface area is 254 Å². The summed E-state index contributed by atoms with van der Waals surface area (Å²) in [6, 6.07) is 31.3. The lowest BCUT2D eigenvalue weighted by atomic mass is 10.1. The molecule has 222 valence electrons. The van der Waals surface area contributed by atoms with Crippen molar-refractivity contribution in [3.8, 4) is 5.75 Å². The van der Waals surface area contributed by atoms with Gasteiger partial charge in [-0.3, -0.25) is 9.59 Å². The molecule has 1 heterocycles. The van der Waals surface area contributed by atoms with E-state index in [9.17, 15) is 9.59 Å². The van der Waals surface area contributed by atoms with Gasteiger partial charge in [-0.15, -0.1) is 0 Å². The largest absolute Gasteiger partial charge is 0.495 e. The number of rotatable bonds is 11. The van der Waals surface area contributed by atoms with Gasteiger partial charge >= 0.3 is 0 Å². The first kappa shape index (κ1) is 29.7. The Morgan fingerprint density at radius 2 is 1.42 bits per heavy atom. The highest BCUT2D eigenvalue weighted by Gasteiger charge is 2.24. The molecule has 1 saturated heterocycles. The average molecular weight is 577 g/mol. The molecule has 1 fully saturated rings. The fraction of sp³-hybridized carbons (Fsp3) is 0.278. The lowest BCUT2D eigenvalue weighted by molar-refractivity contribution is 0.0950. The number of piperazine rings is 1. The van der Waals surface area contributed by atoms with Gasteiger partial charge in [-0.2, -0.15) is 0 Å². The van der Waals surface area contributed by atoms with Crippen LogP contribution < -0.4 is 25.2 Å². The third-order valence-electron chi connectivity index (χ3n) is 7.88. The maximum atomic E-state index is 13.6. The van der Waals surface area contributed by atoms with E-state index < -0.39 is 0 Å². The van der Waals surface area contributed by atoms with E-state index in [4.69, 9.17) is 4.74 Å². The number of amides is 2. The molecule has 0 bridgehead atoms. The van der Waals surface area contributed by atoms with Crippen molar-refractivity contribution in [2.24, 2.45) is 0 Å². The topological polar surface area (TPSA) is 73.9 Å². The maximum absolute atomic E-state index is 13.6. The van der Waals surface area contributed by atoms with Crippen molar-refractivity contribution in [1.82, 2.24) is 5.32 Å². The molecule has 1 aliphatic heterocycles. The molecule has 0 aliphatic carbocycles. The van der Waals surface area contributed by atoms with Crippen LogP contribution in [0.5, 0.6) is 5.75 Å². The van der Waals surface area contributed by atoms with E-state index in [1.165, 1.54) is 5.56 Å². The smallest absolute Gasteiger partial charge is 0.255 e. The first-order valence-electron chi connectivity index (χ1n) is 15.0. The summed E-state index contributed by atoms with van der Waals surface area (Å²) in [5, 5.41) is 6.08. The second-order valence-electron chi connectivity index (χ2n) is 10.8. The van der Waals surface area contributed by atoms with Gasteiger partial charge in [0.25, 0.3) is 11.8 Å². The quantitative estimate of drug-likeness (QED) is 0.212. The van der Waals surface area contributed by atoms with Gasteiger partial charge < -0.3 is 25.2 Å². The van der Waals surface area contributed by atoms with Crippen molar-refractivity contribution in [2.45, 2.75) is 32.7 Å². The predicted octanol–water partition coefficient (Wildman–Crippen LogP) is 6.55. The number of nitrogens with one attached hydrogen (secondary N) is 2. The standard InChI is InChI=1S/C36H40N4O3/c1-3-4-10-27-15-17-29(18-16-27)35(41)38-30-19-20-32(31(25-30)36(42)37-26-28-11-6-5-7-12-28)39-21-23-40(24-22-39)33-13-8-9-14-34(33)43-2/h5-9,11-20,25H,3-4,10,21-24,26H2,1-2H3,(H,37,42)(H,38,41). The molecular weight excluding hydrogens is 536 g/mol. The van der Waals surface area contributed by atoms with E-state index in [1.54, 1.807) is 13.2 Å². The highest BCUT2D eigenvalue weighted by atomic mass is 16.5. The molecule has 2 N–H and O–H groups in total. The number of unbranched alkanes of at least 4 members (excludes halogenated alkanes) is 1. The molecule has 1 aliphatic rings. The minimum atomic E-state index is -0.198. The van der Waals surface area contributed by atoms with E-state index >= 15 is 0 Å². The summed E-state index contributed by atoms with van der Waals surface area (Å²) in [6.07, 6.45) is 3.27. The Morgan fingerprint density at radius 3 is 2.12 bits per heavy atom. The van der Waals surface area contributed by atoms with Crippen LogP contribution in [0.25, 0.3) is 0 Å². The number of methoxy groups -OCH3 is 1. The molecule has 4 aromatic carbocycles. The van der Waals surface area contributed by atoms with Gasteiger partial charge in [0.1, 0.15) is 5.75 Å². The monoisotopic (exact) mass is 576 g/mol. The van der Waals surface area contributed by atoms with Crippen LogP contribution in [0.15, 0.2) is 97.1 Å². The zero-order valence-electron chi connectivity index (χ0n) is 25.0. The Balaban J connectivity index is 1.33. The van der Waals surface area contributed by atoms with Crippen LogP contribution in [0.4, 0.5) is 17.1 Å². The molecule has 0 aromatic heterocycles.